The molecule has 1 aliphatic rings. The molecular weight excluding hydrogens is 266 g/mol. The Bertz CT molecular complexity index is 541. The zero-order chi connectivity index (χ0) is 15.2. The van der Waals surface area contributed by atoms with Gasteiger partial charge in [-0.15, -0.1) is 6.58 Å². The van der Waals surface area contributed by atoms with Gasteiger partial charge in [-0.05, 0) is 29.7 Å². The van der Waals surface area contributed by atoms with Gasteiger partial charge in [0.15, 0.2) is 17.5 Å². The Kier molecular flexibility index (Phi) is 5.09. The maximum atomic E-state index is 5.39. The molecule has 0 aromatic heterocycles. The summed E-state index contributed by atoms with van der Waals surface area (Å²) in [6, 6.07) is 4.13. The topological polar surface area (TPSA) is 46.1 Å². The summed E-state index contributed by atoms with van der Waals surface area (Å²) in [5.41, 5.74) is 2.56. The number of fused-ring (bicyclic) bond motifs is 1. The highest BCUT2D eigenvalue weighted by Crippen LogP contribution is 2.33. The molecule has 0 fully saturated rings. The average molecular weight is 289 g/mol. The van der Waals surface area contributed by atoms with Crippen molar-refractivity contribution in [1.82, 2.24) is 10.2 Å². The predicted molar refractivity (Wildman–Crippen MR) is 85.2 cm³/mol. The van der Waals surface area contributed by atoms with E-state index in [1.54, 1.807) is 21.3 Å². The molecule has 0 atom stereocenters. The van der Waals surface area contributed by atoms with Crippen LogP contribution in [0.25, 0.3) is 0 Å². The Morgan fingerprint density at radius 3 is 2.57 bits per heavy atom. The van der Waals surface area contributed by atoms with Crippen LogP contribution in [-0.2, 0) is 13.0 Å². The summed E-state index contributed by atoms with van der Waals surface area (Å²) in [6.45, 7) is 6.18. The third-order valence-corrected chi connectivity index (χ3v) is 3.63. The van der Waals surface area contributed by atoms with Crippen LogP contribution in [0.15, 0.2) is 29.8 Å². The zero-order valence-corrected chi connectivity index (χ0v) is 13.0. The summed E-state index contributed by atoms with van der Waals surface area (Å²) in [6.07, 6.45) is 2.79. The number of hydrogen-bond acceptors (Lipinski definition) is 3. The van der Waals surface area contributed by atoms with Gasteiger partial charge < -0.3 is 19.7 Å². The van der Waals surface area contributed by atoms with Crippen molar-refractivity contribution in [3.05, 3.63) is 35.9 Å². The molecule has 1 aromatic carbocycles. The highest BCUT2D eigenvalue weighted by Gasteiger charge is 2.21. The minimum Gasteiger partial charge on any atom is -0.493 e. The lowest BCUT2D eigenvalue weighted by Gasteiger charge is -2.32. The van der Waals surface area contributed by atoms with E-state index >= 15 is 0 Å². The van der Waals surface area contributed by atoms with Crippen molar-refractivity contribution < 1.29 is 9.47 Å². The van der Waals surface area contributed by atoms with Gasteiger partial charge in [0.1, 0.15) is 0 Å². The molecule has 5 nitrogen and oxygen atoms in total. The number of nitrogens with zero attached hydrogens (tertiary/aromatic N) is 2. The molecule has 0 bridgehead atoms. The van der Waals surface area contributed by atoms with E-state index in [0.29, 0.717) is 6.54 Å². The van der Waals surface area contributed by atoms with Crippen molar-refractivity contribution in [3.63, 3.8) is 0 Å². The van der Waals surface area contributed by atoms with Gasteiger partial charge in [-0.1, -0.05) is 6.08 Å². The van der Waals surface area contributed by atoms with Crippen LogP contribution in [-0.4, -0.2) is 45.2 Å². The van der Waals surface area contributed by atoms with E-state index in [2.05, 4.69) is 33.9 Å². The van der Waals surface area contributed by atoms with Gasteiger partial charge in [-0.25, -0.2) is 0 Å². The molecule has 5 heteroatoms. The van der Waals surface area contributed by atoms with Crippen molar-refractivity contribution in [3.8, 4) is 11.5 Å². The molecule has 0 unspecified atom stereocenters. The van der Waals surface area contributed by atoms with E-state index in [9.17, 15) is 0 Å². The highest BCUT2D eigenvalue weighted by molar-refractivity contribution is 5.80. The summed E-state index contributed by atoms with van der Waals surface area (Å²) < 4.78 is 10.8. The van der Waals surface area contributed by atoms with Gasteiger partial charge in [0.2, 0.25) is 0 Å². The molecule has 1 aromatic rings. The standard InChI is InChI=1S/C16H23N3O2/c1-5-7-18-16(17-2)19-8-6-12-9-14(20-3)15(21-4)10-13(12)11-19/h5,9-10H,1,6-8,11H2,2-4H3,(H,17,18). The fourth-order valence-electron chi connectivity index (χ4n) is 2.56. The largest absolute Gasteiger partial charge is 0.493 e. The lowest BCUT2D eigenvalue weighted by Crippen LogP contribution is -2.44. The second-order valence-electron chi connectivity index (χ2n) is 4.86. The van der Waals surface area contributed by atoms with E-state index in [1.165, 1.54) is 11.1 Å². The maximum absolute atomic E-state index is 5.39. The van der Waals surface area contributed by atoms with Crippen molar-refractivity contribution in [2.24, 2.45) is 4.99 Å². The normalized spacial score (nSPS) is 14.4. The smallest absolute Gasteiger partial charge is 0.194 e. The van der Waals surface area contributed by atoms with Crippen molar-refractivity contribution in [1.29, 1.82) is 0 Å². The number of benzene rings is 1. The highest BCUT2D eigenvalue weighted by atomic mass is 16.5. The Labute approximate surface area is 126 Å². The molecule has 0 saturated carbocycles. The molecule has 114 valence electrons. The fourth-order valence-corrected chi connectivity index (χ4v) is 2.56. The molecule has 2 rings (SSSR count). The minimum atomic E-state index is 0.710. The van der Waals surface area contributed by atoms with Gasteiger partial charge in [-0.2, -0.15) is 0 Å². The average Bonchev–Trinajstić information content (AvgIpc) is 2.54. The maximum Gasteiger partial charge on any atom is 0.194 e. The van der Waals surface area contributed by atoms with E-state index in [-0.39, 0.29) is 0 Å². The summed E-state index contributed by atoms with van der Waals surface area (Å²) >= 11 is 0. The monoisotopic (exact) mass is 289 g/mol. The first-order chi connectivity index (χ1) is 10.2. The van der Waals surface area contributed by atoms with Crippen molar-refractivity contribution >= 4 is 5.96 Å². The van der Waals surface area contributed by atoms with Gasteiger partial charge in [0.05, 0.1) is 14.2 Å². The van der Waals surface area contributed by atoms with E-state index in [1.807, 2.05) is 6.08 Å². The van der Waals surface area contributed by atoms with Crippen molar-refractivity contribution in [2.75, 3.05) is 34.4 Å². The van der Waals surface area contributed by atoms with Crippen LogP contribution in [0.2, 0.25) is 0 Å². The van der Waals surface area contributed by atoms with E-state index in [4.69, 9.17) is 9.47 Å². The molecule has 0 radical (unpaired) electrons. The lowest BCUT2D eigenvalue weighted by atomic mass is 9.99. The number of nitrogens with one attached hydrogen (secondary N) is 1. The van der Waals surface area contributed by atoms with Crippen LogP contribution in [0, 0.1) is 0 Å². The number of hydrogen-bond donors (Lipinski definition) is 1. The van der Waals surface area contributed by atoms with Crippen LogP contribution in [0.4, 0.5) is 0 Å². The zero-order valence-electron chi connectivity index (χ0n) is 13.0. The molecule has 21 heavy (non-hydrogen) atoms. The molecule has 0 aliphatic carbocycles. The van der Waals surface area contributed by atoms with Crippen LogP contribution < -0.4 is 14.8 Å². The van der Waals surface area contributed by atoms with Crippen LogP contribution >= 0.6 is 0 Å². The SMILES string of the molecule is C=CCNC(=NC)N1CCc2cc(OC)c(OC)cc2C1. The summed E-state index contributed by atoms with van der Waals surface area (Å²) in [5.74, 6) is 2.46. The van der Waals surface area contributed by atoms with Crippen molar-refractivity contribution in [2.45, 2.75) is 13.0 Å². The molecule has 1 N–H and O–H groups in total. The first-order valence-corrected chi connectivity index (χ1v) is 7.03. The Balaban J connectivity index is 2.21. The predicted octanol–water partition coefficient (Wildman–Crippen LogP) is 1.82. The molecule has 0 amide bonds. The number of guanidine groups is 1. The summed E-state index contributed by atoms with van der Waals surface area (Å²) in [5, 5.41) is 3.27. The molecule has 1 aliphatic heterocycles. The van der Waals surface area contributed by atoms with E-state index in [0.717, 1.165) is 37.0 Å². The third kappa shape index (κ3) is 3.29. The fraction of sp³-hybridized carbons (Fsp3) is 0.438. The van der Waals surface area contributed by atoms with Crippen LogP contribution in [0.1, 0.15) is 11.1 Å². The molecule has 0 spiro atoms. The van der Waals surface area contributed by atoms with Gasteiger partial charge in [0.25, 0.3) is 0 Å². The Hall–Kier alpha value is -2.17. The summed E-state index contributed by atoms with van der Waals surface area (Å²) in [4.78, 5) is 6.56. The number of ether oxygens (including phenoxy) is 2. The minimum absolute atomic E-state index is 0.710. The van der Waals surface area contributed by atoms with Crippen LogP contribution in [0.5, 0.6) is 11.5 Å². The molecule has 0 saturated heterocycles. The van der Waals surface area contributed by atoms with Gasteiger partial charge in [0, 0.05) is 26.7 Å². The number of rotatable bonds is 4. The molecule has 1 heterocycles. The number of aliphatic imine (C=N–C) groups is 1. The first kappa shape index (κ1) is 15.2. The van der Waals surface area contributed by atoms with E-state index < -0.39 is 0 Å². The van der Waals surface area contributed by atoms with Gasteiger partial charge in [-0.3, -0.25) is 4.99 Å². The quantitative estimate of drug-likeness (QED) is 0.522. The molecular formula is C16H23N3O2. The van der Waals surface area contributed by atoms with Crippen LogP contribution in [0.3, 0.4) is 0 Å². The Morgan fingerprint density at radius 2 is 2.00 bits per heavy atom. The first-order valence-electron chi connectivity index (χ1n) is 7.03. The third-order valence-electron chi connectivity index (χ3n) is 3.63. The Morgan fingerprint density at radius 1 is 1.33 bits per heavy atom. The lowest BCUT2D eigenvalue weighted by molar-refractivity contribution is 0.346. The number of methoxy groups -OCH3 is 2. The second kappa shape index (κ2) is 7.02. The summed E-state index contributed by atoms with van der Waals surface area (Å²) in [7, 11) is 5.13. The second-order valence-corrected chi connectivity index (χ2v) is 4.86. The van der Waals surface area contributed by atoms with Gasteiger partial charge >= 0.3 is 0 Å².